The number of rotatable bonds is 7. The molecule has 1 aromatic heterocycles. The molecule has 38 heavy (non-hydrogen) atoms. The summed E-state index contributed by atoms with van der Waals surface area (Å²) in [6.45, 7) is 4.76. The van der Waals surface area contributed by atoms with Crippen LogP contribution in [0.4, 0.5) is 21.9 Å². The molecule has 200 valence electrons. The molecular formula is C26H26Cl2N4O5S. The van der Waals surface area contributed by atoms with E-state index < -0.39 is 21.6 Å². The summed E-state index contributed by atoms with van der Waals surface area (Å²) in [6, 6.07) is 12.2. The number of carbonyl (C=O) groups is 2. The summed E-state index contributed by atoms with van der Waals surface area (Å²) in [4.78, 5) is 30.0. The number of hydrogen-bond donors (Lipinski definition) is 1. The number of anilines is 3. The van der Waals surface area contributed by atoms with Crippen LogP contribution in [0.1, 0.15) is 26.3 Å². The second kappa shape index (κ2) is 10.8. The molecule has 0 saturated heterocycles. The average molecular weight is 577 g/mol. The Balaban J connectivity index is 1.70. The Hall–Kier alpha value is -3.34. The van der Waals surface area contributed by atoms with E-state index in [9.17, 15) is 18.0 Å². The van der Waals surface area contributed by atoms with Crippen LogP contribution in [0, 0.1) is 0 Å². The highest BCUT2D eigenvalue weighted by atomic mass is 35.5. The van der Waals surface area contributed by atoms with Crippen LogP contribution in [0.15, 0.2) is 65.8 Å². The Morgan fingerprint density at radius 1 is 1.08 bits per heavy atom. The number of urea groups is 1. The van der Waals surface area contributed by atoms with Crippen molar-refractivity contribution in [2.75, 3.05) is 27.6 Å². The van der Waals surface area contributed by atoms with Gasteiger partial charge in [-0.05, 0) is 74.4 Å². The molecule has 3 aromatic rings. The molecule has 2 aromatic carbocycles. The van der Waals surface area contributed by atoms with Crippen molar-refractivity contribution in [1.82, 2.24) is 4.98 Å². The molecule has 2 amide bonds. The van der Waals surface area contributed by atoms with Gasteiger partial charge >= 0.3 is 12.0 Å². The number of benzene rings is 2. The van der Waals surface area contributed by atoms with Gasteiger partial charge in [-0.1, -0.05) is 23.2 Å². The van der Waals surface area contributed by atoms with Crippen LogP contribution in [0.5, 0.6) is 0 Å². The second-order valence-corrected chi connectivity index (χ2v) is 12.1. The second-order valence-electron chi connectivity index (χ2n) is 9.35. The van der Waals surface area contributed by atoms with Gasteiger partial charge in [-0.15, -0.1) is 0 Å². The Morgan fingerprint density at radius 2 is 1.74 bits per heavy atom. The number of nitrogens with one attached hydrogen (secondary N) is 1. The molecule has 0 fully saturated rings. The van der Waals surface area contributed by atoms with Gasteiger partial charge in [-0.2, -0.15) is 0 Å². The van der Waals surface area contributed by atoms with Crippen molar-refractivity contribution in [2.45, 2.75) is 37.7 Å². The zero-order valence-corrected chi connectivity index (χ0v) is 23.3. The Kier molecular flexibility index (Phi) is 7.87. The number of ether oxygens (including phenoxy) is 1. The number of esters is 1. The largest absolute Gasteiger partial charge is 0.458 e. The van der Waals surface area contributed by atoms with E-state index in [-0.39, 0.29) is 27.5 Å². The minimum Gasteiger partial charge on any atom is -0.458 e. The number of hydrogen-bond acceptors (Lipinski definition) is 6. The van der Waals surface area contributed by atoms with Crippen molar-refractivity contribution in [3.8, 4) is 0 Å². The number of fused-ring (bicyclic) bond motifs is 1. The van der Waals surface area contributed by atoms with Gasteiger partial charge in [0.25, 0.3) is 10.0 Å². The first-order valence-corrected chi connectivity index (χ1v) is 13.9. The number of aromatic nitrogens is 1. The van der Waals surface area contributed by atoms with E-state index in [1.54, 1.807) is 61.5 Å². The van der Waals surface area contributed by atoms with Crippen molar-refractivity contribution in [3.63, 3.8) is 0 Å². The van der Waals surface area contributed by atoms with Gasteiger partial charge < -0.3 is 10.1 Å². The van der Waals surface area contributed by atoms with Gasteiger partial charge in [-0.25, -0.2) is 13.2 Å². The molecule has 0 unspecified atom stereocenters. The highest BCUT2D eigenvalue weighted by Gasteiger charge is 2.35. The molecule has 12 heteroatoms. The third-order valence-corrected chi connectivity index (χ3v) is 7.98. The van der Waals surface area contributed by atoms with E-state index in [0.717, 1.165) is 9.87 Å². The highest BCUT2D eigenvalue weighted by molar-refractivity contribution is 7.92. The Labute approximate surface area is 231 Å². The average Bonchev–Trinajstić information content (AvgIpc) is 3.25. The zero-order valence-electron chi connectivity index (χ0n) is 20.9. The van der Waals surface area contributed by atoms with Crippen LogP contribution in [0.25, 0.3) is 0 Å². The molecular weight excluding hydrogens is 551 g/mol. The third-order valence-electron chi connectivity index (χ3n) is 5.79. The summed E-state index contributed by atoms with van der Waals surface area (Å²) in [5.41, 5.74) is 1.26. The summed E-state index contributed by atoms with van der Waals surface area (Å²) in [6.07, 6.45) is 3.69. The van der Waals surface area contributed by atoms with E-state index in [2.05, 4.69) is 10.3 Å². The molecule has 0 aliphatic carbocycles. The first-order chi connectivity index (χ1) is 17.9. The van der Waals surface area contributed by atoms with Crippen molar-refractivity contribution in [1.29, 1.82) is 0 Å². The maximum atomic E-state index is 13.9. The number of amides is 2. The fraction of sp³-hybridized carbons (Fsp3) is 0.269. The SMILES string of the molecule is CC(=O)OC(C)(C)CN(c1ccc2c(c1)CCN2C(=O)Nc1ccncc1)S(=O)(=O)c1cc(Cl)cc(Cl)c1. The third kappa shape index (κ3) is 6.20. The fourth-order valence-corrected chi connectivity index (χ4v) is 6.60. The molecule has 0 spiro atoms. The smallest absolute Gasteiger partial charge is 0.326 e. The van der Waals surface area contributed by atoms with E-state index in [4.69, 9.17) is 27.9 Å². The summed E-state index contributed by atoms with van der Waals surface area (Å²) < 4.78 is 34.3. The lowest BCUT2D eigenvalue weighted by Crippen LogP contribution is -2.44. The van der Waals surface area contributed by atoms with Gasteiger partial charge in [0.05, 0.1) is 17.1 Å². The van der Waals surface area contributed by atoms with E-state index >= 15 is 0 Å². The number of pyridine rings is 1. The number of carbonyl (C=O) groups excluding carboxylic acids is 2. The monoisotopic (exact) mass is 576 g/mol. The Morgan fingerprint density at radius 3 is 2.37 bits per heavy atom. The van der Waals surface area contributed by atoms with Gasteiger partial charge in [0.2, 0.25) is 0 Å². The van der Waals surface area contributed by atoms with Gasteiger partial charge in [0.15, 0.2) is 0 Å². The van der Waals surface area contributed by atoms with Crippen LogP contribution >= 0.6 is 23.2 Å². The van der Waals surface area contributed by atoms with Crippen molar-refractivity contribution in [2.24, 2.45) is 0 Å². The predicted octanol–water partition coefficient (Wildman–Crippen LogP) is 5.52. The van der Waals surface area contributed by atoms with Crippen LogP contribution in [-0.4, -0.2) is 44.1 Å². The van der Waals surface area contributed by atoms with Gasteiger partial charge in [0.1, 0.15) is 5.60 Å². The predicted molar refractivity (Wildman–Crippen MR) is 148 cm³/mol. The lowest BCUT2D eigenvalue weighted by Gasteiger charge is -2.33. The normalized spacial score (nSPS) is 13.1. The molecule has 1 N–H and O–H groups in total. The van der Waals surface area contributed by atoms with Crippen molar-refractivity contribution in [3.05, 3.63) is 76.5 Å². The molecule has 0 saturated carbocycles. The van der Waals surface area contributed by atoms with Crippen LogP contribution < -0.4 is 14.5 Å². The molecule has 0 bridgehead atoms. The molecule has 2 heterocycles. The highest BCUT2D eigenvalue weighted by Crippen LogP contribution is 2.36. The minimum atomic E-state index is -4.18. The maximum Gasteiger partial charge on any atom is 0.326 e. The molecule has 0 radical (unpaired) electrons. The quantitative estimate of drug-likeness (QED) is 0.371. The van der Waals surface area contributed by atoms with Crippen LogP contribution in [-0.2, 0) is 26.0 Å². The van der Waals surface area contributed by atoms with Crippen molar-refractivity contribution < 1.29 is 22.7 Å². The summed E-state index contributed by atoms with van der Waals surface area (Å²) in [7, 11) is -4.18. The zero-order chi connectivity index (χ0) is 27.7. The van der Waals surface area contributed by atoms with Crippen LogP contribution in [0.3, 0.4) is 0 Å². The molecule has 1 aliphatic heterocycles. The Bertz CT molecular complexity index is 1460. The molecule has 4 rings (SSSR count). The lowest BCUT2D eigenvalue weighted by atomic mass is 10.1. The number of nitrogens with zero attached hydrogens (tertiary/aromatic N) is 3. The van der Waals surface area contributed by atoms with Gasteiger partial charge in [0, 0.05) is 47.3 Å². The standard InChI is InChI=1S/C26H26Cl2N4O5S/c1-17(33)37-26(2,3)16-32(38(35,36)23-14-19(27)13-20(28)15-23)22-4-5-24-18(12-22)8-11-31(24)25(34)30-21-6-9-29-10-7-21/h4-7,9-10,12-15H,8,11,16H2,1-3H3,(H,29,30,34). The summed E-state index contributed by atoms with van der Waals surface area (Å²) >= 11 is 12.2. The van der Waals surface area contributed by atoms with Crippen LogP contribution in [0.2, 0.25) is 10.0 Å². The number of halogens is 2. The fourth-order valence-electron chi connectivity index (χ4n) is 4.27. The topological polar surface area (TPSA) is 109 Å². The summed E-state index contributed by atoms with van der Waals surface area (Å²) in [5.74, 6) is -0.539. The minimum absolute atomic E-state index is 0.104. The van der Waals surface area contributed by atoms with E-state index in [1.165, 1.54) is 25.1 Å². The van der Waals surface area contributed by atoms with Crippen molar-refractivity contribution >= 4 is 62.3 Å². The molecule has 1 aliphatic rings. The lowest BCUT2D eigenvalue weighted by molar-refractivity contribution is -0.152. The molecule has 0 atom stereocenters. The van der Waals surface area contributed by atoms with Gasteiger partial charge in [-0.3, -0.25) is 19.0 Å². The first kappa shape index (κ1) is 27.7. The molecule has 9 nitrogen and oxygen atoms in total. The first-order valence-electron chi connectivity index (χ1n) is 11.7. The van der Waals surface area contributed by atoms with E-state index in [0.29, 0.717) is 30.0 Å². The number of sulfonamides is 1. The van der Waals surface area contributed by atoms with E-state index in [1.807, 2.05) is 0 Å². The summed E-state index contributed by atoms with van der Waals surface area (Å²) in [5, 5.41) is 3.17. The maximum absolute atomic E-state index is 13.9.